The molecule has 0 bridgehead atoms. The Morgan fingerprint density at radius 2 is 1.58 bits per heavy atom. The summed E-state index contributed by atoms with van der Waals surface area (Å²) in [7, 11) is 0. The van der Waals surface area contributed by atoms with Crippen LogP contribution >= 0.6 is 12.6 Å². The first-order valence-electron chi connectivity index (χ1n) is 4.98. The Bertz CT molecular complexity index is 113. The molecule has 0 spiro atoms. The summed E-state index contributed by atoms with van der Waals surface area (Å²) in [6.45, 7) is 11.6. The smallest absolute Gasteiger partial charge is 0.00721 e. The van der Waals surface area contributed by atoms with Gasteiger partial charge in [0.2, 0.25) is 0 Å². The van der Waals surface area contributed by atoms with Crippen molar-refractivity contribution in [3.05, 3.63) is 0 Å². The van der Waals surface area contributed by atoms with Gasteiger partial charge in [-0.3, -0.25) is 0 Å². The second-order valence-corrected chi connectivity index (χ2v) is 5.50. The molecule has 0 radical (unpaired) electrons. The molecule has 0 heterocycles. The quantitative estimate of drug-likeness (QED) is 0.633. The van der Waals surface area contributed by atoms with Gasteiger partial charge in [0.15, 0.2) is 0 Å². The van der Waals surface area contributed by atoms with Crippen molar-refractivity contribution >= 4 is 12.6 Å². The van der Waals surface area contributed by atoms with Crippen molar-refractivity contribution in [2.75, 3.05) is 5.75 Å². The summed E-state index contributed by atoms with van der Waals surface area (Å²) in [6, 6.07) is 0. The van der Waals surface area contributed by atoms with Gasteiger partial charge in [-0.05, 0) is 35.8 Å². The van der Waals surface area contributed by atoms with E-state index >= 15 is 0 Å². The SMILES string of the molecule is CC(CS)CCC(C)C(C)(C)C. The van der Waals surface area contributed by atoms with Gasteiger partial charge < -0.3 is 0 Å². The molecule has 0 rings (SSSR count). The Hall–Kier alpha value is 0.350. The average Bonchev–Trinajstić information content (AvgIpc) is 1.97. The van der Waals surface area contributed by atoms with Gasteiger partial charge in [-0.1, -0.05) is 34.6 Å². The molecule has 74 valence electrons. The van der Waals surface area contributed by atoms with Crippen LogP contribution in [0.2, 0.25) is 0 Å². The van der Waals surface area contributed by atoms with Gasteiger partial charge in [0.05, 0.1) is 0 Å². The van der Waals surface area contributed by atoms with E-state index in [9.17, 15) is 0 Å². The zero-order valence-electron chi connectivity index (χ0n) is 9.22. The predicted octanol–water partition coefficient (Wildman–Crippen LogP) is 4.01. The van der Waals surface area contributed by atoms with E-state index in [2.05, 4.69) is 47.2 Å². The standard InChI is InChI=1S/C11H24S/c1-9(8-12)6-7-10(2)11(3,4)5/h9-10,12H,6-8H2,1-5H3. The fourth-order valence-electron chi connectivity index (χ4n) is 1.06. The minimum absolute atomic E-state index is 0.469. The fraction of sp³-hybridized carbons (Fsp3) is 1.00. The summed E-state index contributed by atoms with van der Waals surface area (Å²) < 4.78 is 0. The Kier molecular flexibility index (Phi) is 5.31. The first-order valence-corrected chi connectivity index (χ1v) is 5.62. The number of hydrogen-bond acceptors (Lipinski definition) is 1. The highest BCUT2D eigenvalue weighted by Crippen LogP contribution is 2.30. The third-order valence-corrected chi connectivity index (χ3v) is 3.51. The summed E-state index contributed by atoms with van der Waals surface area (Å²) in [5.41, 5.74) is 0.469. The lowest BCUT2D eigenvalue weighted by Gasteiger charge is -2.28. The molecule has 0 saturated heterocycles. The van der Waals surface area contributed by atoms with E-state index in [0.717, 1.165) is 17.6 Å². The molecule has 2 atom stereocenters. The van der Waals surface area contributed by atoms with Crippen LogP contribution in [0.1, 0.15) is 47.5 Å². The molecule has 0 fully saturated rings. The predicted molar refractivity (Wildman–Crippen MR) is 60.9 cm³/mol. The lowest BCUT2D eigenvalue weighted by Crippen LogP contribution is -2.18. The van der Waals surface area contributed by atoms with E-state index in [1.165, 1.54) is 12.8 Å². The first kappa shape index (κ1) is 12.3. The normalized spacial score (nSPS) is 17.5. The van der Waals surface area contributed by atoms with Crippen molar-refractivity contribution in [2.45, 2.75) is 47.5 Å². The maximum Gasteiger partial charge on any atom is -0.00721 e. The maximum absolute atomic E-state index is 4.29. The third-order valence-electron chi connectivity index (χ3n) is 2.88. The second kappa shape index (κ2) is 5.16. The second-order valence-electron chi connectivity index (χ2n) is 5.13. The topological polar surface area (TPSA) is 0 Å². The number of rotatable bonds is 4. The van der Waals surface area contributed by atoms with E-state index < -0.39 is 0 Å². The van der Waals surface area contributed by atoms with Crippen LogP contribution in [0.4, 0.5) is 0 Å². The first-order chi connectivity index (χ1) is 5.38. The average molecular weight is 188 g/mol. The molecule has 0 saturated carbocycles. The van der Waals surface area contributed by atoms with E-state index in [-0.39, 0.29) is 0 Å². The van der Waals surface area contributed by atoms with Crippen LogP contribution in [0.25, 0.3) is 0 Å². The largest absolute Gasteiger partial charge is 0.179 e. The minimum atomic E-state index is 0.469. The van der Waals surface area contributed by atoms with Crippen molar-refractivity contribution in [1.29, 1.82) is 0 Å². The van der Waals surface area contributed by atoms with Gasteiger partial charge in [0, 0.05) is 0 Å². The van der Waals surface area contributed by atoms with Gasteiger partial charge >= 0.3 is 0 Å². The van der Waals surface area contributed by atoms with Crippen molar-refractivity contribution in [1.82, 2.24) is 0 Å². The summed E-state index contributed by atoms with van der Waals surface area (Å²) >= 11 is 4.29. The Morgan fingerprint density at radius 1 is 1.08 bits per heavy atom. The molecule has 0 nitrogen and oxygen atoms in total. The van der Waals surface area contributed by atoms with Crippen LogP contribution in [-0.4, -0.2) is 5.75 Å². The van der Waals surface area contributed by atoms with Gasteiger partial charge in [0.25, 0.3) is 0 Å². The number of hydrogen-bond donors (Lipinski definition) is 1. The van der Waals surface area contributed by atoms with Crippen molar-refractivity contribution in [3.63, 3.8) is 0 Å². The molecule has 2 unspecified atom stereocenters. The molecule has 12 heavy (non-hydrogen) atoms. The van der Waals surface area contributed by atoms with Gasteiger partial charge in [0.1, 0.15) is 0 Å². The Labute approximate surface area is 83.5 Å². The van der Waals surface area contributed by atoms with Crippen molar-refractivity contribution in [2.24, 2.45) is 17.3 Å². The summed E-state index contributed by atoms with van der Waals surface area (Å²) in [4.78, 5) is 0. The molecule has 0 aromatic carbocycles. The molecular weight excluding hydrogens is 164 g/mol. The molecule has 0 aromatic heterocycles. The van der Waals surface area contributed by atoms with E-state index in [4.69, 9.17) is 0 Å². The summed E-state index contributed by atoms with van der Waals surface area (Å²) in [6.07, 6.45) is 2.66. The summed E-state index contributed by atoms with van der Waals surface area (Å²) in [5, 5.41) is 0. The highest BCUT2D eigenvalue weighted by molar-refractivity contribution is 7.80. The lowest BCUT2D eigenvalue weighted by atomic mass is 9.78. The Balaban J connectivity index is 3.64. The van der Waals surface area contributed by atoms with Crippen LogP contribution in [0.5, 0.6) is 0 Å². The zero-order valence-corrected chi connectivity index (χ0v) is 10.1. The van der Waals surface area contributed by atoms with E-state index in [0.29, 0.717) is 5.41 Å². The third kappa shape index (κ3) is 5.08. The van der Waals surface area contributed by atoms with Crippen LogP contribution in [0.3, 0.4) is 0 Å². The lowest BCUT2D eigenvalue weighted by molar-refractivity contribution is 0.235. The highest BCUT2D eigenvalue weighted by atomic mass is 32.1. The molecule has 0 aliphatic carbocycles. The monoisotopic (exact) mass is 188 g/mol. The van der Waals surface area contributed by atoms with Crippen molar-refractivity contribution in [3.8, 4) is 0 Å². The zero-order chi connectivity index (χ0) is 9.78. The van der Waals surface area contributed by atoms with E-state index in [1.54, 1.807) is 0 Å². The minimum Gasteiger partial charge on any atom is -0.179 e. The Morgan fingerprint density at radius 3 is 1.92 bits per heavy atom. The molecule has 0 amide bonds. The molecule has 1 heteroatoms. The number of thiol groups is 1. The molecular formula is C11H24S. The van der Waals surface area contributed by atoms with Gasteiger partial charge in [-0.25, -0.2) is 0 Å². The molecule has 0 aliphatic heterocycles. The molecule has 0 aromatic rings. The molecule has 0 aliphatic rings. The van der Waals surface area contributed by atoms with E-state index in [1.807, 2.05) is 0 Å². The van der Waals surface area contributed by atoms with Crippen LogP contribution < -0.4 is 0 Å². The summed E-state index contributed by atoms with van der Waals surface area (Å²) in [5.74, 6) is 2.62. The van der Waals surface area contributed by atoms with Crippen molar-refractivity contribution < 1.29 is 0 Å². The fourth-order valence-corrected chi connectivity index (χ4v) is 1.24. The van der Waals surface area contributed by atoms with Gasteiger partial charge in [-0.15, -0.1) is 0 Å². The maximum atomic E-state index is 4.29. The van der Waals surface area contributed by atoms with Gasteiger partial charge in [-0.2, -0.15) is 12.6 Å². The highest BCUT2D eigenvalue weighted by Gasteiger charge is 2.19. The van der Waals surface area contributed by atoms with Crippen LogP contribution in [0.15, 0.2) is 0 Å². The van der Waals surface area contributed by atoms with Crippen LogP contribution in [0, 0.1) is 17.3 Å². The molecule has 0 N–H and O–H groups in total. The van der Waals surface area contributed by atoms with Crippen LogP contribution in [-0.2, 0) is 0 Å².